The van der Waals surface area contributed by atoms with Crippen LogP contribution in [0.2, 0.25) is 0 Å². The second kappa shape index (κ2) is 13.4. The van der Waals surface area contributed by atoms with Crippen LogP contribution < -0.4 is 15.4 Å². The number of rotatable bonds is 10. The monoisotopic (exact) mass is 516 g/mol. The van der Waals surface area contributed by atoms with Gasteiger partial charge in [0.05, 0.1) is 13.7 Å². The highest BCUT2D eigenvalue weighted by atomic mass is 127. The molecule has 2 aromatic rings. The number of guanidine groups is 1. The third kappa shape index (κ3) is 8.17. The number of benzene rings is 1. The third-order valence-corrected chi connectivity index (χ3v) is 4.71. The number of methoxy groups -OCH3 is 2. The lowest BCUT2D eigenvalue weighted by Gasteiger charge is -2.16. The first kappa shape index (κ1) is 25.2. The van der Waals surface area contributed by atoms with Crippen molar-refractivity contribution < 1.29 is 9.47 Å². The first-order valence-corrected chi connectivity index (χ1v) is 9.55. The number of hydrogen-bond donors (Lipinski definition) is 2. The van der Waals surface area contributed by atoms with Crippen LogP contribution >= 0.6 is 24.0 Å². The summed E-state index contributed by atoms with van der Waals surface area (Å²) in [5, 5.41) is 14.9. The molecule has 1 unspecified atom stereocenters. The molecule has 0 aliphatic carbocycles. The van der Waals surface area contributed by atoms with E-state index in [0.717, 1.165) is 36.3 Å². The summed E-state index contributed by atoms with van der Waals surface area (Å²) in [5.41, 5.74) is 1.29. The smallest absolute Gasteiger partial charge is 0.191 e. The number of ether oxygens (including phenoxy) is 2. The van der Waals surface area contributed by atoms with E-state index in [1.54, 1.807) is 14.2 Å². The number of aromatic nitrogens is 3. The molecule has 0 aliphatic heterocycles. The number of aliphatic imine (C=N–C) groups is 1. The lowest BCUT2D eigenvalue weighted by Crippen LogP contribution is -2.39. The predicted octanol–water partition coefficient (Wildman–Crippen LogP) is 2.63. The Bertz CT molecular complexity index is 748. The standard InChI is InChI=1S/C20H32N6O2.HI/c1-15(17-6-8-18(28-5)9-7-17)10-11-21-20(22-12-13-27-4)23-14-19-25-24-16(2)26(19)3;/h6-9,15H,10-14H2,1-5H3,(H2,21,22,23);1H. The molecule has 0 amide bonds. The van der Waals surface area contributed by atoms with Gasteiger partial charge in [0.1, 0.15) is 18.1 Å². The van der Waals surface area contributed by atoms with Crippen LogP contribution in [0.1, 0.15) is 36.5 Å². The van der Waals surface area contributed by atoms with Crippen molar-refractivity contribution in [2.75, 3.05) is 33.9 Å². The van der Waals surface area contributed by atoms with E-state index in [4.69, 9.17) is 9.47 Å². The molecule has 0 spiro atoms. The van der Waals surface area contributed by atoms with Crippen LogP contribution in [0.15, 0.2) is 29.3 Å². The zero-order valence-electron chi connectivity index (χ0n) is 17.9. The molecule has 162 valence electrons. The molecule has 0 bridgehead atoms. The van der Waals surface area contributed by atoms with Crippen LogP contribution in [0.25, 0.3) is 0 Å². The zero-order valence-corrected chi connectivity index (χ0v) is 20.3. The number of nitrogens with zero attached hydrogens (tertiary/aromatic N) is 4. The van der Waals surface area contributed by atoms with E-state index in [2.05, 4.69) is 44.9 Å². The van der Waals surface area contributed by atoms with Gasteiger partial charge in [-0.15, -0.1) is 34.2 Å². The average molecular weight is 516 g/mol. The minimum absolute atomic E-state index is 0. The number of hydrogen-bond acceptors (Lipinski definition) is 5. The molecular formula is C20H33IN6O2. The highest BCUT2D eigenvalue weighted by Gasteiger charge is 2.08. The van der Waals surface area contributed by atoms with Gasteiger partial charge in [-0.2, -0.15) is 0 Å². The van der Waals surface area contributed by atoms with Crippen molar-refractivity contribution in [3.8, 4) is 5.75 Å². The van der Waals surface area contributed by atoms with Gasteiger partial charge in [0.2, 0.25) is 0 Å². The molecule has 1 aromatic heterocycles. The summed E-state index contributed by atoms with van der Waals surface area (Å²) in [6, 6.07) is 8.24. The highest BCUT2D eigenvalue weighted by Crippen LogP contribution is 2.21. The van der Waals surface area contributed by atoms with Crippen molar-refractivity contribution in [2.24, 2.45) is 12.0 Å². The van der Waals surface area contributed by atoms with E-state index in [-0.39, 0.29) is 24.0 Å². The Morgan fingerprint density at radius 3 is 2.41 bits per heavy atom. The molecular weight excluding hydrogens is 483 g/mol. The van der Waals surface area contributed by atoms with E-state index in [0.29, 0.717) is 25.6 Å². The maximum Gasteiger partial charge on any atom is 0.191 e. The lowest BCUT2D eigenvalue weighted by molar-refractivity contribution is 0.203. The summed E-state index contributed by atoms with van der Waals surface area (Å²) in [5.74, 6) is 3.77. The Morgan fingerprint density at radius 2 is 1.83 bits per heavy atom. The minimum Gasteiger partial charge on any atom is -0.497 e. The second-order valence-corrected chi connectivity index (χ2v) is 6.70. The van der Waals surface area contributed by atoms with E-state index in [1.165, 1.54) is 5.56 Å². The molecule has 9 heteroatoms. The van der Waals surface area contributed by atoms with Crippen LogP contribution in [0.5, 0.6) is 5.75 Å². The Balaban J connectivity index is 0.00000420. The largest absolute Gasteiger partial charge is 0.497 e. The lowest BCUT2D eigenvalue weighted by atomic mass is 9.98. The Morgan fingerprint density at radius 1 is 1.14 bits per heavy atom. The Hall–Kier alpha value is -1.88. The van der Waals surface area contributed by atoms with Gasteiger partial charge in [0.25, 0.3) is 0 Å². The number of halogens is 1. The first-order chi connectivity index (χ1) is 13.5. The summed E-state index contributed by atoms with van der Waals surface area (Å²) in [7, 11) is 5.31. The van der Waals surface area contributed by atoms with Crippen LogP contribution in [-0.2, 0) is 18.3 Å². The quantitative estimate of drug-likeness (QED) is 0.219. The molecule has 0 radical (unpaired) electrons. The zero-order chi connectivity index (χ0) is 20.4. The van der Waals surface area contributed by atoms with Gasteiger partial charge >= 0.3 is 0 Å². The van der Waals surface area contributed by atoms with Crippen molar-refractivity contribution in [1.29, 1.82) is 0 Å². The van der Waals surface area contributed by atoms with Gasteiger partial charge in [-0.25, -0.2) is 4.99 Å². The van der Waals surface area contributed by atoms with E-state index >= 15 is 0 Å². The first-order valence-electron chi connectivity index (χ1n) is 9.55. The fraction of sp³-hybridized carbons (Fsp3) is 0.550. The summed E-state index contributed by atoms with van der Waals surface area (Å²) >= 11 is 0. The van der Waals surface area contributed by atoms with Crippen LogP contribution in [-0.4, -0.2) is 54.6 Å². The van der Waals surface area contributed by atoms with Gasteiger partial charge in [0, 0.05) is 27.2 Å². The SMILES string of the molecule is COCCNC(=NCc1nnc(C)n1C)NCCC(C)c1ccc(OC)cc1.I. The van der Waals surface area contributed by atoms with Gasteiger partial charge in [-0.1, -0.05) is 19.1 Å². The van der Waals surface area contributed by atoms with Gasteiger partial charge in [-0.3, -0.25) is 0 Å². The van der Waals surface area contributed by atoms with E-state index < -0.39 is 0 Å². The molecule has 1 atom stereocenters. The average Bonchev–Trinajstić information content (AvgIpc) is 3.03. The van der Waals surface area contributed by atoms with E-state index in [9.17, 15) is 0 Å². The van der Waals surface area contributed by atoms with Gasteiger partial charge in [0.15, 0.2) is 11.8 Å². The topological polar surface area (TPSA) is 85.6 Å². The van der Waals surface area contributed by atoms with Crippen molar-refractivity contribution in [3.63, 3.8) is 0 Å². The fourth-order valence-corrected chi connectivity index (χ4v) is 2.69. The molecule has 0 aliphatic rings. The second-order valence-electron chi connectivity index (χ2n) is 6.70. The summed E-state index contributed by atoms with van der Waals surface area (Å²) in [6.07, 6.45) is 0.986. The fourth-order valence-electron chi connectivity index (χ4n) is 2.69. The molecule has 2 rings (SSSR count). The molecule has 2 N–H and O–H groups in total. The molecule has 1 heterocycles. The summed E-state index contributed by atoms with van der Waals surface area (Å²) < 4.78 is 12.3. The maximum absolute atomic E-state index is 5.22. The van der Waals surface area contributed by atoms with Crippen LogP contribution in [0.3, 0.4) is 0 Å². The van der Waals surface area contributed by atoms with Gasteiger partial charge < -0.3 is 24.7 Å². The third-order valence-electron chi connectivity index (χ3n) is 4.71. The van der Waals surface area contributed by atoms with Crippen LogP contribution in [0.4, 0.5) is 0 Å². The number of nitrogens with one attached hydrogen (secondary N) is 2. The molecule has 29 heavy (non-hydrogen) atoms. The van der Waals surface area contributed by atoms with Crippen molar-refractivity contribution in [1.82, 2.24) is 25.4 Å². The minimum atomic E-state index is 0. The normalized spacial score (nSPS) is 12.2. The maximum atomic E-state index is 5.22. The molecule has 1 aromatic carbocycles. The summed E-state index contributed by atoms with van der Waals surface area (Å²) in [6.45, 7) is 6.73. The van der Waals surface area contributed by atoms with Crippen molar-refractivity contribution >= 4 is 29.9 Å². The molecule has 0 saturated heterocycles. The highest BCUT2D eigenvalue weighted by molar-refractivity contribution is 14.0. The number of aryl methyl sites for hydroxylation is 1. The molecule has 8 nitrogen and oxygen atoms in total. The predicted molar refractivity (Wildman–Crippen MR) is 126 cm³/mol. The molecule has 0 fully saturated rings. The van der Waals surface area contributed by atoms with Crippen molar-refractivity contribution in [2.45, 2.75) is 32.7 Å². The van der Waals surface area contributed by atoms with Crippen LogP contribution in [0, 0.1) is 6.92 Å². The van der Waals surface area contributed by atoms with E-state index in [1.807, 2.05) is 30.7 Å². The molecule has 0 saturated carbocycles. The Labute approximate surface area is 190 Å². The van der Waals surface area contributed by atoms with Gasteiger partial charge in [-0.05, 0) is 37.0 Å². The van der Waals surface area contributed by atoms with Crippen molar-refractivity contribution in [3.05, 3.63) is 41.5 Å². The Kier molecular flexibility index (Phi) is 11.6. The summed E-state index contributed by atoms with van der Waals surface area (Å²) in [4.78, 5) is 4.63.